The van der Waals surface area contributed by atoms with E-state index in [1.54, 1.807) is 23.7 Å². The van der Waals surface area contributed by atoms with Crippen molar-refractivity contribution in [2.75, 3.05) is 11.4 Å². The molecule has 5 heteroatoms. The zero-order valence-corrected chi connectivity index (χ0v) is 14.3. The first-order valence-electron chi connectivity index (χ1n) is 8.24. The average molecular weight is 312 g/mol. The molecule has 0 spiro atoms. The van der Waals surface area contributed by atoms with Crippen molar-refractivity contribution in [2.24, 2.45) is 7.05 Å². The molecule has 0 radical (unpaired) electrons. The Morgan fingerprint density at radius 2 is 2.00 bits per heavy atom. The number of fused-ring (bicyclic) bond motifs is 1. The monoisotopic (exact) mass is 312 g/mol. The molecule has 2 rings (SSSR count). The van der Waals surface area contributed by atoms with E-state index in [2.05, 4.69) is 36.7 Å². The molecule has 0 fully saturated rings. The number of nitriles is 1. The summed E-state index contributed by atoms with van der Waals surface area (Å²) in [5, 5.41) is 9.16. The maximum Gasteiger partial charge on any atom is 0.252 e. The first kappa shape index (κ1) is 17.0. The lowest BCUT2D eigenvalue weighted by Gasteiger charge is -2.33. The van der Waals surface area contributed by atoms with Gasteiger partial charge in [0.15, 0.2) is 0 Å². The summed E-state index contributed by atoms with van der Waals surface area (Å²) in [5.74, 6) is 0. The summed E-state index contributed by atoms with van der Waals surface area (Å²) < 4.78 is 1.59. The van der Waals surface area contributed by atoms with Crippen LogP contribution in [0.5, 0.6) is 0 Å². The maximum absolute atomic E-state index is 12.4. The average Bonchev–Trinajstić information content (AvgIpc) is 2.58. The summed E-state index contributed by atoms with van der Waals surface area (Å²) in [6.07, 6.45) is 3.00. The first-order valence-corrected chi connectivity index (χ1v) is 8.24. The minimum absolute atomic E-state index is 0.0499. The van der Waals surface area contributed by atoms with Gasteiger partial charge in [-0.05, 0) is 31.4 Å². The van der Waals surface area contributed by atoms with Crippen LogP contribution in [0.1, 0.15) is 45.7 Å². The first-order chi connectivity index (χ1) is 11.1. The van der Waals surface area contributed by atoms with Gasteiger partial charge in [-0.1, -0.05) is 20.8 Å². The molecule has 0 aliphatic rings. The van der Waals surface area contributed by atoms with E-state index in [0.717, 1.165) is 42.5 Å². The Morgan fingerprint density at radius 1 is 1.30 bits per heavy atom. The number of hydrogen-bond donors (Lipinski definition) is 0. The minimum Gasteiger partial charge on any atom is -0.367 e. The molecular formula is C18H24N4O. The third-order valence-electron chi connectivity index (χ3n) is 4.34. The third kappa shape index (κ3) is 3.21. The van der Waals surface area contributed by atoms with Crippen LogP contribution in [0.3, 0.4) is 0 Å². The summed E-state index contributed by atoms with van der Waals surface area (Å²) in [7, 11) is 1.74. The highest BCUT2D eigenvalue weighted by molar-refractivity contribution is 5.88. The van der Waals surface area contributed by atoms with Crippen LogP contribution in [0.25, 0.3) is 11.0 Å². The van der Waals surface area contributed by atoms with E-state index < -0.39 is 0 Å². The Kier molecular flexibility index (Phi) is 5.38. The van der Waals surface area contributed by atoms with Crippen LogP contribution in [-0.4, -0.2) is 22.1 Å². The van der Waals surface area contributed by atoms with Crippen molar-refractivity contribution in [3.05, 3.63) is 34.2 Å². The standard InChI is InChI=1S/C18H24N4O/c1-5-10-22(14(6-2)7-3)16-11-17(23)21(4)15-9-8-13(12-19)20-18(15)16/h8-9,11,14H,5-7,10H2,1-4H3. The van der Waals surface area contributed by atoms with E-state index in [9.17, 15) is 4.79 Å². The van der Waals surface area contributed by atoms with Gasteiger partial charge < -0.3 is 9.47 Å². The van der Waals surface area contributed by atoms with Crippen molar-refractivity contribution in [3.8, 4) is 6.07 Å². The zero-order chi connectivity index (χ0) is 17.0. The van der Waals surface area contributed by atoms with Crippen molar-refractivity contribution in [3.63, 3.8) is 0 Å². The molecule has 2 aromatic heterocycles. The van der Waals surface area contributed by atoms with Gasteiger partial charge >= 0.3 is 0 Å². The fourth-order valence-corrected chi connectivity index (χ4v) is 3.06. The quantitative estimate of drug-likeness (QED) is 0.821. The number of rotatable bonds is 6. The van der Waals surface area contributed by atoms with Gasteiger partial charge in [0.25, 0.3) is 5.56 Å². The molecule has 122 valence electrons. The van der Waals surface area contributed by atoms with Gasteiger partial charge in [0, 0.05) is 25.7 Å². The van der Waals surface area contributed by atoms with Crippen LogP contribution in [0.4, 0.5) is 5.69 Å². The summed E-state index contributed by atoms with van der Waals surface area (Å²) in [6.45, 7) is 7.32. The smallest absolute Gasteiger partial charge is 0.252 e. The highest BCUT2D eigenvalue weighted by Gasteiger charge is 2.20. The predicted octanol–water partition coefficient (Wildman–Crippen LogP) is 3.21. The van der Waals surface area contributed by atoms with E-state index in [1.165, 1.54) is 0 Å². The lowest BCUT2D eigenvalue weighted by molar-refractivity contribution is 0.553. The number of hydrogen-bond acceptors (Lipinski definition) is 4. The molecule has 23 heavy (non-hydrogen) atoms. The Balaban J connectivity index is 2.77. The summed E-state index contributed by atoms with van der Waals surface area (Å²) >= 11 is 0. The number of pyridine rings is 2. The highest BCUT2D eigenvalue weighted by Crippen LogP contribution is 2.27. The Morgan fingerprint density at radius 3 is 2.57 bits per heavy atom. The molecule has 0 amide bonds. The predicted molar refractivity (Wildman–Crippen MR) is 93.7 cm³/mol. The van der Waals surface area contributed by atoms with Crippen LogP contribution in [-0.2, 0) is 7.05 Å². The molecule has 0 saturated heterocycles. The lowest BCUT2D eigenvalue weighted by Crippen LogP contribution is -2.36. The second kappa shape index (κ2) is 7.28. The van der Waals surface area contributed by atoms with Crippen LogP contribution in [0.2, 0.25) is 0 Å². The van der Waals surface area contributed by atoms with Crippen LogP contribution in [0.15, 0.2) is 23.0 Å². The van der Waals surface area contributed by atoms with Gasteiger partial charge in [-0.3, -0.25) is 4.79 Å². The fourth-order valence-electron chi connectivity index (χ4n) is 3.06. The molecule has 0 aliphatic heterocycles. The molecule has 2 heterocycles. The van der Waals surface area contributed by atoms with Crippen molar-refractivity contribution in [1.29, 1.82) is 5.26 Å². The molecule has 0 saturated carbocycles. The summed E-state index contributed by atoms with van der Waals surface area (Å²) in [4.78, 5) is 19.1. The largest absolute Gasteiger partial charge is 0.367 e. The zero-order valence-electron chi connectivity index (χ0n) is 14.3. The molecule has 0 N–H and O–H groups in total. The van der Waals surface area contributed by atoms with Crippen LogP contribution >= 0.6 is 0 Å². The number of aromatic nitrogens is 2. The Bertz CT molecular complexity index is 784. The molecule has 2 aromatic rings. The van der Waals surface area contributed by atoms with Gasteiger partial charge in [0.1, 0.15) is 17.3 Å². The normalized spacial score (nSPS) is 11.0. The van der Waals surface area contributed by atoms with Gasteiger partial charge in [0.05, 0.1) is 11.2 Å². The van der Waals surface area contributed by atoms with E-state index in [1.807, 2.05) is 6.07 Å². The second-order valence-corrected chi connectivity index (χ2v) is 5.77. The van der Waals surface area contributed by atoms with E-state index in [4.69, 9.17) is 5.26 Å². The number of aryl methyl sites for hydroxylation is 1. The molecule has 0 unspecified atom stereocenters. The van der Waals surface area contributed by atoms with Crippen LogP contribution < -0.4 is 10.5 Å². The lowest BCUT2D eigenvalue weighted by atomic mass is 10.1. The summed E-state index contributed by atoms with van der Waals surface area (Å²) in [6, 6.07) is 7.58. The minimum atomic E-state index is -0.0499. The van der Waals surface area contributed by atoms with Crippen molar-refractivity contribution < 1.29 is 0 Å². The van der Waals surface area contributed by atoms with E-state index in [-0.39, 0.29) is 5.56 Å². The second-order valence-electron chi connectivity index (χ2n) is 5.77. The molecule has 0 bridgehead atoms. The maximum atomic E-state index is 12.4. The molecule has 0 atom stereocenters. The van der Waals surface area contributed by atoms with Crippen molar-refractivity contribution in [2.45, 2.75) is 46.1 Å². The highest BCUT2D eigenvalue weighted by atomic mass is 16.1. The molecular weight excluding hydrogens is 288 g/mol. The van der Waals surface area contributed by atoms with Crippen molar-refractivity contribution >= 4 is 16.7 Å². The SMILES string of the molecule is CCCN(c1cc(=O)n(C)c2ccc(C#N)nc12)C(CC)CC. The van der Waals surface area contributed by atoms with E-state index >= 15 is 0 Å². The van der Waals surface area contributed by atoms with Gasteiger partial charge in [0.2, 0.25) is 0 Å². The molecule has 0 aromatic carbocycles. The van der Waals surface area contributed by atoms with Gasteiger partial charge in [-0.15, -0.1) is 0 Å². The summed E-state index contributed by atoms with van der Waals surface area (Å²) in [5.41, 5.74) is 2.66. The molecule has 5 nitrogen and oxygen atoms in total. The third-order valence-corrected chi connectivity index (χ3v) is 4.34. The number of anilines is 1. The van der Waals surface area contributed by atoms with Gasteiger partial charge in [-0.25, -0.2) is 4.98 Å². The van der Waals surface area contributed by atoms with E-state index in [0.29, 0.717) is 11.7 Å². The van der Waals surface area contributed by atoms with Crippen LogP contribution in [0, 0.1) is 11.3 Å². The van der Waals surface area contributed by atoms with Crippen molar-refractivity contribution in [1.82, 2.24) is 9.55 Å². The Labute approximate surface area is 137 Å². The topological polar surface area (TPSA) is 61.9 Å². The number of nitrogens with zero attached hydrogens (tertiary/aromatic N) is 4. The molecule has 0 aliphatic carbocycles. The fraction of sp³-hybridized carbons (Fsp3) is 0.500. The Hall–Kier alpha value is -2.35. The van der Waals surface area contributed by atoms with Gasteiger partial charge in [-0.2, -0.15) is 5.26 Å².